The Labute approximate surface area is 122 Å². The number of aryl methyl sites for hydroxylation is 2. The second kappa shape index (κ2) is 4.77. The van der Waals surface area contributed by atoms with E-state index in [0.29, 0.717) is 0 Å². The Morgan fingerprint density at radius 1 is 0.800 bits per heavy atom. The molecule has 0 heteroatoms. The van der Waals surface area contributed by atoms with Crippen LogP contribution in [0.4, 0.5) is 0 Å². The third kappa shape index (κ3) is 1.90. The third-order valence-electron chi connectivity index (χ3n) is 4.75. The number of hydrogen-bond acceptors (Lipinski definition) is 0. The summed E-state index contributed by atoms with van der Waals surface area (Å²) in [6, 6.07) is 14.1. The van der Waals surface area contributed by atoms with Crippen molar-refractivity contribution in [2.75, 3.05) is 0 Å². The highest BCUT2D eigenvalue weighted by Crippen LogP contribution is 2.49. The minimum Gasteiger partial charge on any atom is -0.0651 e. The molecule has 2 aromatic rings. The van der Waals surface area contributed by atoms with Crippen LogP contribution in [0.2, 0.25) is 0 Å². The van der Waals surface area contributed by atoms with Gasteiger partial charge in [0, 0.05) is 5.41 Å². The van der Waals surface area contributed by atoms with Crippen LogP contribution in [0.3, 0.4) is 0 Å². The van der Waals surface area contributed by atoms with Gasteiger partial charge in [-0.15, -0.1) is 0 Å². The first-order valence-electron chi connectivity index (χ1n) is 7.85. The van der Waals surface area contributed by atoms with Crippen LogP contribution in [0.15, 0.2) is 36.4 Å². The van der Waals surface area contributed by atoms with Gasteiger partial charge in [0.2, 0.25) is 0 Å². The molecule has 0 saturated carbocycles. The molecule has 0 atom stereocenters. The van der Waals surface area contributed by atoms with Gasteiger partial charge in [-0.1, -0.05) is 70.5 Å². The molecular weight excluding hydrogens is 240 g/mol. The van der Waals surface area contributed by atoms with E-state index >= 15 is 0 Å². The first-order valence-corrected chi connectivity index (χ1v) is 7.85. The number of fused-ring (bicyclic) bond motifs is 3. The summed E-state index contributed by atoms with van der Waals surface area (Å²) in [5.74, 6) is 0. The fourth-order valence-corrected chi connectivity index (χ4v) is 3.50. The van der Waals surface area contributed by atoms with Gasteiger partial charge in [0.15, 0.2) is 0 Å². The predicted molar refractivity (Wildman–Crippen MR) is 87.4 cm³/mol. The molecule has 104 valence electrons. The van der Waals surface area contributed by atoms with Crippen molar-refractivity contribution in [3.63, 3.8) is 0 Å². The average Bonchev–Trinajstić information content (AvgIpc) is 2.68. The monoisotopic (exact) mass is 264 g/mol. The molecule has 1 aliphatic carbocycles. The van der Waals surface area contributed by atoms with Crippen LogP contribution in [0, 0.1) is 0 Å². The topological polar surface area (TPSA) is 0 Å². The predicted octanol–water partition coefficient (Wildman–Crippen LogP) is 5.51. The highest BCUT2D eigenvalue weighted by molar-refractivity contribution is 5.81. The Kier molecular flexibility index (Phi) is 3.20. The first kappa shape index (κ1) is 13.4. The molecule has 0 aliphatic heterocycles. The van der Waals surface area contributed by atoms with Crippen LogP contribution in [-0.4, -0.2) is 0 Å². The molecule has 0 amide bonds. The van der Waals surface area contributed by atoms with E-state index in [-0.39, 0.29) is 5.41 Å². The van der Waals surface area contributed by atoms with E-state index in [1.807, 2.05) is 0 Å². The Hall–Kier alpha value is -1.56. The minimum absolute atomic E-state index is 0.138. The fourth-order valence-electron chi connectivity index (χ4n) is 3.50. The summed E-state index contributed by atoms with van der Waals surface area (Å²) in [6.45, 7) is 9.22. The Bertz CT molecular complexity index is 647. The smallest absolute Gasteiger partial charge is 0.0159 e. The quantitative estimate of drug-likeness (QED) is 0.686. The lowest BCUT2D eigenvalue weighted by Gasteiger charge is -2.22. The summed E-state index contributed by atoms with van der Waals surface area (Å²) in [7, 11) is 0. The molecule has 0 saturated heterocycles. The molecule has 0 aromatic heterocycles. The van der Waals surface area contributed by atoms with E-state index < -0.39 is 0 Å². The lowest BCUT2D eigenvalue weighted by atomic mass is 9.81. The van der Waals surface area contributed by atoms with Gasteiger partial charge in [-0.05, 0) is 46.2 Å². The van der Waals surface area contributed by atoms with E-state index in [1.165, 1.54) is 46.2 Å². The summed E-state index contributed by atoms with van der Waals surface area (Å²) in [5, 5.41) is 0. The molecule has 0 fully saturated rings. The van der Waals surface area contributed by atoms with Crippen molar-refractivity contribution in [2.24, 2.45) is 0 Å². The Morgan fingerprint density at radius 2 is 1.35 bits per heavy atom. The fraction of sp³-hybridized carbons (Fsp3) is 0.400. The van der Waals surface area contributed by atoms with Crippen LogP contribution in [0.25, 0.3) is 11.1 Å². The SMILES string of the molecule is CCCc1ccc2c(c1)C(C)(C)c1cc(CC)ccc1-2. The van der Waals surface area contributed by atoms with Gasteiger partial charge in [-0.25, -0.2) is 0 Å². The van der Waals surface area contributed by atoms with Gasteiger partial charge in [-0.3, -0.25) is 0 Å². The highest BCUT2D eigenvalue weighted by Gasteiger charge is 2.35. The molecule has 20 heavy (non-hydrogen) atoms. The molecule has 0 N–H and O–H groups in total. The molecule has 0 bridgehead atoms. The van der Waals surface area contributed by atoms with Crippen molar-refractivity contribution in [2.45, 2.75) is 52.4 Å². The summed E-state index contributed by atoms with van der Waals surface area (Å²) in [5.41, 5.74) is 8.94. The maximum atomic E-state index is 2.43. The molecule has 0 heterocycles. The first-order chi connectivity index (χ1) is 9.57. The van der Waals surface area contributed by atoms with Gasteiger partial charge in [-0.2, -0.15) is 0 Å². The zero-order valence-electron chi connectivity index (χ0n) is 13.1. The van der Waals surface area contributed by atoms with Gasteiger partial charge >= 0.3 is 0 Å². The lowest BCUT2D eigenvalue weighted by Crippen LogP contribution is -2.15. The zero-order valence-corrected chi connectivity index (χ0v) is 13.1. The molecule has 0 nitrogen and oxygen atoms in total. The van der Waals surface area contributed by atoms with E-state index in [0.717, 1.165) is 6.42 Å². The highest BCUT2D eigenvalue weighted by atomic mass is 14.4. The molecular formula is C20H24. The van der Waals surface area contributed by atoms with Crippen LogP contribution in [0.1, 0.15) is 56.4 Å². The second-order valence-electron chi connectivity index (χ2n) is 6.49. The van der Waals surface area contributed by atoms with Crippen molar-refractivity contribution < 1.29 is 0 Å². The second-order valence-corrected chi connectivity index (χ2v) is 6.49. The van der Waals surface area contributed by atoms with E-state index in [1.54, 1.807) is 0 Å². The summed E-state index contributed by atoms with van der Waals surface area (Å²) >= 11 is 0. The molecule has 0 spiro atoms. The normalized spacial score (nSPS) is 15.0. The summed E-state index contributed by atoms with van der Waals surface area (Å²) < 4.78 is 0. The summed E-state index contributed by atoms with van der Waals surface area (Å²) in [6.07, 6.45) is 3.51. The molecule has 0 unspecified atom stereocenters. The molecule has 3 rings (SSSR count). The Balaban J connectivity index is 2.18. The standard InChI is InChI=1S/C20H24/c1-5-7-15-9-11-17-16-10-8-14(6-2)12-18(16)20(3,4)19(17)13-15/h8-13H,5-7H2,1-4H3. The summed E-state index contributed by atoms with van der Waals surface area (Å²) in [4.78, 5) is 0. The van der Waals surface area contributed by atoms with Crippen molar-refractivity contribution in [1.29, 1.82) is 0 Å². The van der Waals surface area contributed by atoms with Gasteiger partial charge in [0.1, 0.15) is 0 Å². The van der Waals surface area contributed by atoms with Crippen LogP contribution >= 0.6 is 0 Å². The largest absolute Gasteiger partial charge is 0.0651 e. The molecule has 1 aliphatic rings. The number of hydrogen-bond donors (Lipinski definition) is 0. The minimum atomic E-state index is 0.138. The van der Waals surface area contributed by atoms with Crippen molar-refractivity contribution >= 4 is 0 Å². The van der Waals surface area contributed by atoms with Gasteiger partial charge < -0.3 is 0 Å². The maximum absolute atomic E-state index is 2.43. The Morgan fingerprint density at radius 3 is 1.90 bits per heavy atom. The molecule has 2 aromatic carbocycles. The van der Waals surface area contributed by atoms with Crippen molar-refractivity contribution in [3.05, 3.63) is 58.7 Å². The van der Waals surface area contributed by atoms with Crippen LogP contribution in [0.5, 0.6) is 0 Å². The lowest BCUT2D eigenvalue weighted by molar-refractivity contribution is 0.657. The maximum Gasteiger partial charge on any atom is 0.0159 e. The van der Waals surface area contributed by atoms with Crippen LogP contribution < -0.4 is 0 Å². The third-order valence-corrected chi connectivity index (χ3v) is 4.75. The van der Waals surface area contributed by atoms with Gasteiger partial charge in [0.05, 0.1) is 0 Å². The zero-order chi connectivity index (χ0) is 14.3. The van der Waals surface area contributed by atoms with Crippen molar-refractivity contribution in [1.82, 2.24) is 0 Å². The van der Waals surface area contributed by atoms with E-state index in [4.69, 9.17) is 0 Å². The van der Waals surface area contributed by atoms with Crippen LogP contribution in [-0.2, 0) is 18.3 Å². The average molecular weight is 264 g/mol. The van der Waals surface area contributed by atoms with E-state index in [2.05, 4.69) is 64.1 Å². The number of benzene rings is 2. The van der Waals surface area contributed by atoms with E-state index in [9.17, 15) is 0 Å². The number of rotatable bonds is 3. The van der Waals surface area contributed by atoms with Gasteiger partial charge in [0.25, 0.3) is 0 Å². The van der Waals surface area contributed by atoms with Crippen molar-refractivity contribution in [3.8, 4) is 11.1 Å². The molecule has 0 radical (unpaired) electrons.